The number of aryl methyl sites for hydroxylation is 2. The van der Waals surface area contributed by atoms with Crippen LogP contribution in [0.25, 0.3) is 10.9 Å². The van der Waals surface area contributed by atoms with Crippen LogP contribution in [-0.2, 0) is 20.8 Å². The van der Waals surface area contributed by atoms with E-state index < -0.39 is 0 Å². The summed E-state index contributed by atoms with van der Waals surface area (Å²) in [4.78, 5) is 7.23. The van der Waals surface area contributed by atoms with Crippen molar-refractivity contribution in [2.45, 2.75) is 58.5 Å². The largest absolute Gasteiger partial charge is 0.380 e. The molecule has 27 heavy (non-hydrogen) atoms. The third-order valence-electron chi connectivity index (χ3n) is 5.75. The molecule has 0 saturated carbocycles. The van der Waals surface area contributed by atoms with Gasteiger partial charge in [0.15, 0.2) is 6.29 Å². The zero-order valence-corrected chi connectivity index (χ0v) is 16.7. The Morgan fingerprint density at radius 2 is 2.07 bits per heavy atom. The minimum absolute atomic E-state index is 0.0644. The summed E-state index contributed by atoms with van der Waals surface area (Å²) in [6.45, 7) is 7.58. The highest BCUT2D eigenvalue weighted by Crippen LogP contribution is 2.32. The van der Waals surface area contributed by atoms with Crippen molar-refractivity contribution in [3.8, 4) is 0 Å². The number of ether oxygens (including phenoxy) is 3. The molecule has 1 aromatic carbocycles. The maximum Gasteiger partial charge on any atom is 0.158 e. The van der Waals surface area contributed by atoms with Crippen molar-refractivity contribution in [3.63, 3.8) is 0 Å². The van der Waals surface area contributed by atoms with E-state index in [9.17, 15) is 0 Å². The Morgan fingerprint density at radius 3 is 2.81 bits per heavy atom. The van der Waals surface area contributed by atoms with Gasteiger partial charge in [-0.25, -0.2) is 0 Å². The van der Waals surface area contributed by atoms with Gasteiger partial charge in [0.2, 0.25) is 0 Å². The third-order valence-corrected chi connectivity index (χ3v) is 5.75. The summed E-state index contributed by atoms with van der Waals surface area (Å²) in [5, 5.41) is 1.22. The van der Waals surface area contributed by atoms with Crippen LogP contribution in [0.1, 0.15) is 42.5 Å². The van der Waals surface area contributed by atoms with Crippen molar-refractivity contribution in [1.82, 2.24) is 4.98 Å². The predicted octanol–water partition coefficient (Wildman–Crippen LogP) is 4.12. The molecule has 0 amide bonds. The Balaban J connectivity index is 1.60. The van der Waals surface area contributed by atoms with Gasteiger partial charge in [0.05, 0.1) is 18.2 Å². The molecule has 2 saturated heterocycles. The number of rotatable bonds is 5. The lowest BCUT2D eigenvalue weighted by Gasteiger charge is -2.24. The molecule has 1 aromatic heterocycles. The van der Waals surface area contributed by atoms with Gasteiger partial charge in [-0.05, 0) is 68.9 Å². The number of nitrogens with zero attached hydrogens (tertiary/aromatic N) is 2. The zero-order chi connectivity index (χ0) is 18.8. The monoisotopic (exact) mass is 370 g/mol. The van der Waals surface area contributed by atoms with Crippen LogP contribution in [0.2, 0.25) is 0 Å². The van der Waals surface area contributed by atoms with Gasteiger partial charge in [0, 0.05) is 43.6 Å². The lowest BCUT2D eigenvalue weighted by Crippen LogP contribution is -2.23. The van der Waals surface area contributed by atoms with E-state index in [2.05, 4.69) is 36.9 Å². The number of methoxy groups -OCH3 is 1. The Morgan fingerprint density at radius 1 is 1.19 bits per heavy atom. The van der Waals surface area contributed by atoms with Crippen molar-refractivity contribution in [2.24, 2.45) is 0 Å². The van der Waals surface area contributed by atoms with Crippen LogP contribution in [-0.4, -0.2) is 44.2 Å². The fourth-order valence-electron chi connectivity index (χ4n) is 4.12. The summed E-state index contributed by atoms with van der Waals surface area (Å²) in [6.07, 6.45) is 4.64. The molecule has 5 nitrogen and oxygen atoms in total. The molecule has 3 heterocycles. The molecule has 2 unspecified atom stereocenters. The van der Waals surface area contributed by atoms with E-state index >= 15 is 0 Å². The van der Waals surface area contributed by atoms with Gasteiger partial charge in [-0.1, -0.05) is 0 Å². The minimum Gasteiger partial charge on any atom is -0.380 e. The molecule has 146 valence electrons. The summed E-state index contributed by atoms with van der Waals surface area (Å²) < 4.78 is 17.3. The second-order valence-corrected chi connectivity index (χ2v) is 7.78. The number of pyridine rings is 1. The summed E-state index contributed by atoms with van der Waals surface area (Å²) in [6, 6.07) is 6.65. The number of hydrogen-bond donors (Lipinski definition) is 0. The van der Waals surface area contributed by atoms with Gasteiger partial charge in [0.1, 0.15) is 0 Å². The van der Waals surface area contributed by atoms with E-state index in [1.54, 1.807) is 7.11 Å². The van der Waals surface area contributed by atoms with Gasteiger partial charge >= 0.3 is 0 Å². The first kappa shape index (κ1) is 18.7. The number of hydrogen-bond acceptors (Lipinski definition) is 5. The number of aromatic nitrogens is 1. The summed E-state index contributed by atoms with van der Waals surface area (Å²) >= 11 is 0. The lowest BCUT2D eigenvalue weighted by molar-refractivity contribution is -0.169. The molecule has 2 fully saturated rings. The molecule has 2 atom stereocenters. The quantitative estimate of drug-likeness (QED) is 0.792. The highest BCUT2D eigenvalue weighted by molar-refractivity contribution is 5.93. The second-order valence-electron chi connectivity index (χ2n) is 7.78. The first-order valence-corrected chi connectivity index (χ1v) is 10.1. The van der Waals surface area contributed by atoms with Gasteiger partial charge < -0.3 is 19.1 Å². The van der Waals surface area contributed by atoms with Gasteiger partial charge in [-0.3, -0.25) is 4.98 Å². The summed E-state index contributed by atoms with van der Waals surface area (Å²) in [7, 11) is 1.80. The van der Waals surface area contributed by atoms with Crippen LogP contribution >= 0.6 is 0 Å². The van der Waals surface area contributed by atoms with Crippen LogP contribution < -0.4 is 4.90 Å². The number of fused-ring (bicyclic) bond motifs is 1. The molecule has 5 heteroatoms. The molecule has 0 spiro atoms. The van der Waals surface area contributed by atoms with E-state index in [1.165, 1.54) is 28.6 Å². The van der Waals surface area contributed by atoms with E-state index in [1.807, 2.05) is 0 Å². The molecule has 0 aliphatic carbocycles. The van der Waals surface area contributed by atoms with Crippen LogP contribution in [0.5, 0.6) is 0 Å². The SMILES string of the molecule is COC1CCN(c2cc(C)nc3cc(COC4CCCCO4)c(C)cc23)C1. The summed E-state index contributed by atoms with van der Waals surface area (Å²) in [5.74, 6) is 0. The van der Waals surface area contributed by atoms with Gasteiger partial charge in [-0.15, -0.1) is 0 Å². The van der Waals surface area contributed by atoms with Crippen LogP contribution in [0.15, 0.2) is 18.2 Å². The summed E-state index contributed by atoms with van der Waals surface area (Å²) in [5.41, 5.74) is 5.79. The molecule has 2 aliphatic rings. The highest BCUT2D eigenvalue weighted by atomic mass is 16.7. The fourth-order valence-corrected chi connectivity index (χ4v) is 4.12. The number of benzene rings is 1. The number of anilines is 1. The first-order chi connectivity index (χ1) is 13.1. The first-order valence-electron chi connectivity index (χ1n) is 10.1. The fraction of sp³-hybridized carbons (Fsp3) is 0.591. The molecular formula is C22H30N2O3. The van der Waals surface area contributed by atoms with Gasteiger partial charge in [-0.2, -0.15) is 0 Å². The predicted molar refractivity (Wildman–Crippen MR) is 107 cm³/mol. The van der Waals surface area contributed by atoms with Crippen LogP contribution in [0, 0.1) is 13.8 Å². The highest BCUT2D eigenvalue weighted by Gasteiger charge is 2.24. The van der Waals surface area contributed by atoms with Crippen molar-refractivity contribution >= 4 is 16.6 Å². The Hall–Kier alpha value is -1.69. The van der Waals surface area contributed by atoms with Crippen molar-refractivity contribution in [3.05, 3.63) is 35.0 Å². The Labute approximate surface area is 161 Å². The second kappa shape index (κ2) is 8.13. The molecular weight excluding hydrogens is 340 g/mol. The van der Waals surface area contributed by atoms with Crippen molar-refractivity contribution < 1.29 is 14.2 Å². The topological polar surface area (TPSA) is 43.8 Å². The Kier molecular flexibility index (Phi) is 5.62. The normalized spacial score (nSPS) is 23.3. The maximum absolute atomic E-state index is 6.01. The van der Waals surface area contributed by atoms with Crippen LogP contribution in [0.3, 0.4) is 0 Å². The standard InChI is InChI=1S/C22H30N2O3/c1-15-10-19-20(12-17(15)14-27-22-6-4-5-9-26-22)23-16(2)11-21(19)24-8-7-18(13-24)25-3/h10-12,18,22H,4-9,13-14H2,1-3H3. The van der Waals surface area contributed by atoms with E-state index in [0.29, 0.717) is 12.7 Å². The van der Waals surface area contributed by atoms with Crippen molar-refractivity contribution in [2.75, 3.05) is 31.7 Å². The van der Waals surface area contributed by atoms with E-state index in [0.717, 1.165) is 50.2 Å². The minimum atomic E-state index is -0.0644. The molecule has 2 aromatic rings. The molecule has 0 bridgehead atoms. The third kappa shape index (κ3) is 4.10. The molecule has 2 aliphatic heterocycles. The van der Waals surface area contributed by atoms with E-state index in [-0.39, 0.29) is 6.29 Å². The molecule has 4 rings (SSSR count). The van der Waals surface area contributed by atoms with Crippen LogP contribution in [0.4, 0.5) is 5.69 Å². The average molecular weight is 370 g/mol. The zero-order valence-electron chi connectivity index (χ0n) is 16.7. The lowest BCUT2D eigenvalue weighted by atomic mass is 10.0. The smallest absolute Gasteiger partial charge is 0.158 e. The van der Waals surface area contributed by atoms with Crippen molar-refractivity contribution in [1.29, 1.82) is 0 Å². The average Bonchev–Trinajstić information content (AvgIpc) is 3.16. The Bertz CT molecular complexity index is 802. The van der Waals surface area contributed by atoms with Gasteiger partial charge in [0.25, 0.3) is 0 Å². The molecule has 0 radical (unpaired) electrons. The molecule has 0 N–H and O–H groups in total. The maximum atomic E-state index is 6.01. The van der Waals surface area contributed by atoms with E-state index in [4.69, 9.17) is 19.2 Å².